The minimum Gasteiger partial charge on any atom is -0.463 e. The summed E-state index contributed by atoms with van der Waals surface area (Å²) in [5, 5.41) is 0. The molecule has 46 heavy (non-hydrogen) atoms. The smallest absolute Gasteiger partial charge is 0.302 e. The third kappa shape index (κ3) is 42.5. The maximum absolute atomic E-state index is 10.6. The van der Waals surface area contributed by atoms with Crippen molar-refractivity contribution < 1.29 is 75.9 Å². The number of rotatable bonds is 39. The van der Waals surface area contributed by atoms with Gasteiger partial charge in [-0.25, -0.2) is 0 Å². The fraction of sp³-hybridized carbons (Fsp3) is 0.933. The standard InChI is InChI=1S/C30H58O16/c1-29(31)45-27-25-43-23-21-41-19-17-39-15-13-37-11-9-35-7-5-33-3-4-34-6-8-36-10-12-38-14-16-40-18-20-42-22-24-44-26-28-46-30(2)32/h3-28H2,1-2H3. The summed E-state index contributed by atoms with van der Waals surface area (Å²) in [5.41, 5.74) is 0. The number of hydrogen-bond acceptors (Lipinski definition) is 16. The Bertz CT molecular complexity index is 576. The van der Waals surface area contributed by atoms with Crippen LogP contribution in [-0.4, -0.2) is 184 Å². The molecule has 0 aliphatic rings. The molecule has 0 saturated carbocycles. The van der Waals surface area contributed by atoms with Crippen LogP contribution in [0.4, 0.5) is 0 Å². The average Bonchev–Trinajstić information content (AvgIpc) is 3.03. The van der Waals surface area contributed by atoms with Gasteiger partial charge < -0.3 is 66.3 Å². The number of hydrogen-bond donors (Lipinski definition) is 0. The van der Waals surface area contributed by atoms with Gasteiger partial charge in [-0.15, -0.1) is 0 Å². The van der Waals surface area contributed by atoms with Gasteiger partial charge >= 0.3 is 11.9 Å². The molecular formula is C30H58O16. The molecule has 0 aliphatic carbocycles. The van der Waals surface area contributed by atoms with Gasteiger partial charge in [-0.05, 0) is 0 Å². The molecule has 0 bridgehead atoms. The van der Waals surface area contributed by atoms with Crippen molar-refractivity contribution in [1.29, 1.82) is 0 Å². The first-order chi connectivity index (χ1) is 22.6. The first-order valence-corrected chi connectivity index (χ1v) is 15.8. The molecule has 16 heteroatoms. The van der Waals surface area contributed by atoms with Crippen LogP contribution >= 0.6 is 0 Å². The molecule has 0 radical (unpaired) electrons. The van der Waals surface area contributed by atoms with Crippen LogP contribution in [0.15, 0.2) is 0 Å². The van der Waals surface area contributed by atoms with E-state index in [1.165, 1.54) is 13.8 Å². The lowest BCUT2D eigenvalue weighted by Crippen LogP contribution is -2.15. The quantitative estimate of drug-likeness (QED) is 0.0646. The molecular weight excluding hydrogens is 616 g/mol. The molecule has 0 aromatic rings. The minimum atomic E-state index is -0.315. The molecule has 0 aromatic carbocycles. The molecule has 0 aromatic heterocycles. The van der Waals surface area contributed by atoms with Crippen molar-refractivity contribution in [1.82, 2.24) is 0 Å². The topological polar surface area (TPSA) is 163 Å². The van der Waals surface area contributed by atoms with Gasteiger partial charge in [0.25, 0.3) is 0 Å². The van der Waals surface area contributed by atoms with Crippen LogP contribution in [0.5, 0.6) is 0 Å². The summed E-state index contributed by atoms with van der Waals surface area (Å²) in [6, 6.07) is 0. The largest absolute Gasteiger partial charge is 0.463 e. The Hall–Kier alpha value is -1.54. The Morgan fingerprint density at radius 2 is 0.348 bits per heavy atom. The average molecular weight is 675 g/mol. The van der Waals surface area contributed by atoms with Crippen molar-refractivity contribution in [3.63, 3.8) is 0 Å². The summed E-state index contributed by atoms with van der Waals surface area (Å²) in [5.74, 6) is -0.630. The maximum atomic E-state index is 10.6. The second-order valence-corrected chi connectivity index (χ2v) is 9.03. The molecule has 0 unspecified atom stereocenters. The maximum Gasteiger partial charge on any atom is 0.302 e. The summed E-state index contributed by atoms with van der Waals surface area (Å²) in [4.78, 5) is 21.2. The van der Waals surface area contributed by atoms with E-state index in [0.29, 0.717) is 159 Å². The van der Waals surface area contributed by atoms with E-state index in [1.54, 1.807) is 0 Å². The van der Waals surface area contributed by atoms with E-state index in [1.807, 2.05) is 0 Å². The highest BCUT2D eigenvalue weighted by Gasteiger charge is 1.98. The van der Waals surface area contributed by atoms with Crippen LogP contribution in [0.2, 0.25) is 0 Å². The van der Waals surface area contributed by atoms with Crippen molar-refractivity contribution in [3.8, 4) is 0 Å². The first-order valence-electron chi connectivity index (χ1n) is 15.8. The van der Waals surface area contributed by atoms with Gasteiger partial charge in [0.2, 0.25) is 0 Å². The van der Waals surface area contributed by atoms with Gasteiger partial charge in [0.1, 0.15) is 13.2 Å². The van der Waals surface area contributed by atoms with Crippen molar-refractivity contribution >= 4 is 11.9 Å². The van der Waals surface area contributed by atoms with Gasteiger partial charge in [0.05, 0.1) is 159 Å². The number of ether oxygens (including phenoxy) is 14. The van der Waals surface area contributed by atoms with E-state index in [2.05, 4.69) is 0 Å². The zero-order valence-electron chi connectivity index (χ0n) is 27.9. The molecule has 0 fully saturated rings. The number of carbonyl (C=O) groups excluding carboxylic acids is 2. The SMILES string of the molecule is CC(=O)OCCOCCOCCOCCOCCOCCOCCOCCOCCOCCOCCOCCOCCOC(C)=O. The van der Waals surface area contributed by atoms with Crippen molar-refractivity contribution in [2.75, 3.05) is 172 Å². The lowest BCUT2D eigenvalue weighted by Gasteiger charge is -2.09. The summed E-state index contributed by atoms with van der Waals surface area (Å²) in [6.45, 7) is 14.5. The Morgan fingerprint density at radius 3 is 0.457 bits per heavy atom. The third-order valence-electron chi connectivity index (χ3n) is 5.16. The van der Waals surface area contributed by atoms with E-state index in [9.17, 15) is 9.59 Å². The van der Waals surface area contributed by atoms with E-state index >= 15 is 0 Å². The van der Waals surface area contributed by atoms with Crippen molar-refractivity contribution in [3.05, 3.63) is 0 Å². The summed E-state index contributed by atoms with van der Waals surface area (Å²) in [7, 11) is 0. The highest BCUT2D eigenvalue weighted by Crippen LogP contribution is 1.88. The van der Waals surface area contributed by atoms with Gasteiger partial charge in [-0.3, -0.25) is 9.59 Å². The molecule has 0 aliphatic heterocycles. The van der Waals surface area contributed by atoms with E-state index in [0.717, 1.165) is 0 Å². The van der Waals surface area contributed by atoms with E-state index in [-0.39, 0.29) is 25.2 Å². The van der Waals surface area contributed by atoms with Crippen molar-refractivity contribution in [2.45, 2.75) is 13.8 Å². The van der Waals surface area contributed by atoms with E-state index in [4.69, 9.17) is 66.3 Å². The van der Waals surface area contributed by atoms with Crippen LogP contribution in [0.25, 0.3) is 0 Å². The predicted octanol–water partition coefficient (Wildman–Crippen LogP) is 0.312. The second-order valence-electron chi connectivity index (χ2n) is 9.03. The Balaban J connectivity index is 3.05. The van der Waals surface area contributed by atoms with E-state index < -0.39 is 0 Å². The Labute approximate surface area is 273 Å². The van der Waals surface area contributed by atoms with Crippen molar-refractivity contribution in [2.24, 2.45) is 0 Å². The van der Waals surface area contributed by atoms with Gasteiger partial charge in [0.15, 0.2) is 0 Å². The zero-order valence-corrected chi connectivity index (χ0v) is 27.9. The van der Waals surface area contributed by atoms with Gasteiger partial charge in [-0.2, -0.15) is 0 Å². The lowest BCUT2D eigenvalue weighted by atomic mass is 10.6. The highest BCUT2D eigenvalue weighted by atomic mass is 16.6. The highest BCUT2D eigenvalue weighted by molar-refractivity contribution is 5.66. The summed E-state index contributed by atoms with van der Waals surface area (Å²) >= 11 is 0. The monoisotopic (exact) mass is 674 g/mol. The molecule has 0 heterocycles. The fourth-order valence-corrected chi connectivity index (χ4v) is 3.01. The molecule has 16 nitrogen and oxygen atoms in total. The minimum absolute atomic E-state index is 0.254. The van der Waals surface area contributed by atoms with Gasteiger partial charge in [-0.1, -0.05) is 0 Å². The molecule has 0 N–H and O–H groups in total. The van der Waals surface area contributed by atoms with Crippen LogP contribution in [0.1, 0.15) is 13.8 Å². The molecule has 0 saturated heterocycles. The fourth-order valence-electron chi connectivity index (χ4n) is 3.01. The van der Waals surface area contributed by atoms with Crippen LogP contribution < -0.4 is 0 Å². The molecule has 0 spiro atoms. The lowest BCUT2D eigenvalue weighted by molar-refractivity contribution is -0.143. The molecule has 0 atom stereocenters. The van der Waals surface area contributed by atoms with Crippen LogP contribution in [-0.2, 0) is 75.9 Å². The third-order valence-corrected chi connectivity index (χ3v) is 5.16. The van der Waals surface area contributed by atoms with Crippen LogP contribution in [0, 0.1) is 0 Å². The van der Waals surface area contributed by atoms with Gasteiger partial charge in [0, 0.05) is 13.8 Å². The molecule has 0 amide bonds. The summed E-state index contributed by atoms with van der Waals surface area (Å²) < 4.78 is 74.3. The summed E-state index contributed by atoms with van der Waals surface area (Å²) in [6.07, 6.45) is 0. The Kier molecular flexibility index (Phi) is 38.3. The Morgan fingerprint density at radius 1 is 0.239 bits per heavy atom. The molecule has 274 valence electrons. The first kappa shape index (κ1) is 44.5. The molecule has 0 rings (SSSR count). The number of carbonyl (C=O) groups is 2. The normalized spacial score (nSPS) is 11.3. The number of esters is 2. The van der Waals surface area contributed by atoms with Crippen LogP contribution in [0.3, 0.4) is 0 Å². The zero-order chi connectivity index (χ0) is 33.4. The predicted molar refractivity (Wildman–Crippen MR) is 163 cm³/mol. The second kappa shape index (κ2) is 39.6.